The molecule has 1 saturated carbocycles. The van der Waals surface area contributed by atoms with Crippen LogP contribution in [0.1, 0.15) is 50.4 Å². The molecule has 1 aromatic rings. The second-order valence-electron chi connectivity index (χ2n) is 6.15. The average molecular weight is 272 g/mol. The summed E-state index contributed by atoms with van der Waals surface area (Å²) in [6.45, 7) is 5.02. The molecule has 20 heavy (non-hydrogen) atoms. The first kappa shape index (κ1) is 13.6. The Kier molecular flexibility index (Phi) is 3.79. The lowest BCUT2D eigenvalue weighted by molar-refractivity contribution is -0.129. The van der Waals surface area contributed by atoms with Gasteiger partial charge in [-0.3, -0.25) is 10.1 Å². The zero-order chi connectivity index (χ0) is 14.1. The van der Waals surface area contributed by atoms with Gasteiger partial charge in [-0.15, -0.1) is 0 Å². The Labute approximate surface area is 121 Å². The standard InChI is InChI=1S/C17H24N2O/c1-3-13-6-8-15(9-7-13)16-18-12(2)17(20)19(16)11-10-14-4-5-14/h6-9,12,14,16,18H,3-5,10-11H2,1-2H3. The fourth-order valence-corrected chi connectivity index (χ4v) is 2.95. The van der Waals surface area contributed by atoms with Crippen LogP contribution in [0.4, 0.5) is 0 Å². The van der Waals surface area contributed by atoms with E-state index in [1.807, 2.05) is 11.8 Å². The summed E-state index contributed by atoms with van der Waals surface area (Å²) in [5.41, 5.74) is 2.55. The van der Waals surface area contributed by atoms with Crippen molar-refractivity contribution >= 4 is 5.91 Å². The van der Waals surface area contributed by atoms with Gasteiger partial charge in [0.25, 0.3) is 0 Å². The van der Waals surface area contributed by atoms with Crippen LogP contribution in [0.2, 0.25) is 0 Å². The number of rotatable bonds is 5. The van der Waals surface area contributed by atoms with Gasteiger partial charge in [0, 0.05) is 6.54 Å². The minimum Gasteiger partial charge on any atom is -0.322 e. The van der Waals surface area contributed by atoms with E-state index < -0.39 is 0 Å². The SMILES string of the molecule is CCc1ccc(C2NC(C)C(=O)N2CCC2CC2)cc1. The molecule has 2 aliphatic rings. The molecule has 3 heteroatoms. The van der Waals surface area contributed by atoms with Crippen molar-refractivity contribution in [2.45, 2.75) is 51.7 Å². The average Bonchev–Trinajstić information content (AvgIpc) is 3.25. The van der Waals surface area contributed by atoms with E-state index in [0.29, 0.717) is 0 Å². The third-order valence-corrected chi connectivity index (χ3v) is 4.55. The Morgan fingerprint density at radius 2 is 1.95 bits per heavy atom. The Morgan fingerprint density at radius 3 is 2.55 bits per heavy atom. The highest BCUT2D eigenvalue weighted by molar-refractivity contribution is 5.84. The molecule has 108 valence electrons. The molecule has 3 rings (SSSR count). The molecule has 1 heterocycles. The fourth-order valence-electron chi connectivity index (χ4n) is 2.95. The lowest BCUT2D eigenvalue weighted by Gasteiger charge is -2.24. The molecule has 1 aromatic carbocycles. The zero-order valence-electron chi connectivity index (χ0n) is 12.4. The molecule has 1 N–H and O–H groups in total. The molecular formula is C17H24N2O. The number of hydrogen-bond acceptors (Lipinski definition) is 2. The van der Waals surface area contributed by atoms with Crippen LogP contribution in [0.3, 0.4) is 0 Å². The van der Waals surface area contributed by atoms with Crippen molar-refractivity contribution in [3.05, 3.63) is 35.4 Å². The highest BCUT2D eigenvalue weighted by atomic mass is 16.2. The van der Waals surface area contributed by atoms with Crippen molar-refractivity contribution in [1.29, 1.82) is 0 Å². The van der Waals surface area contributed by atoms with Crippen LogP contribution in [0.5, 0.6) is 0 Å². The maximum Gasteiger partial charge on any atom is 0.241 e. The van der Waals surface area contributed by atoms with Gasteiger partial charge < -0.3 is 4.90 Å². The number of nitrogens with zero attached hydrogens (tertiary/aromatic N) is 1. The molecule has 2 atom stereocenters. The molecule has 1 amide bonds. The highest BCUT2D eigenvalue weighted by Gasteiger charge is 2.37. The van der Waals surface area contributed by atoms with E-state index in [0.717, 1.165) is 25.3 Å². The summed E-state index contributed by atoms with van der Waals surface area (Å²) in [4.78, 5) is 14.3. The van der Waals surface area contributed by atoms with Gasteiger partial charge in [0.2, 0.25) is 5.91 Å². The summed E-state index contributed by atoms with van der Waals surface area (Å²) in [5.74, 6) is 1.11. The normalized spacial score (nSPS) is 26.3. The monoisotopic (exact) mass is 272 g/mol. The van der Waals surface area contributed by atoms with Crippen LogP contribution >= 0.6 is 0 Å². The molecule has 1 aliphatic carbocycles. The molecule has 1 saturated heterocycles. The largest absolute Gasteiger partial charge is 0.322 e. The van der Waals surface area contributed by atoms with Crippen LogP contribution in [-0.2, 0) is 11.2 Å². The summed E-state index contributed by atoms with van der Waals surface area (Å²) in [6.07, 6.45) is 4.96. The molecule has 3 nitrogen and oxygen atoms in total. The smallest absolute Gasteiger partial charge is 0.241 e. The van der Waals surface area contributed by atoms with E-state index in [4.69, 9.17) is 0 Å². The van der Waals surface area contributed by atoms with Gasteiger partial charge in [-0.25, -0.2) is 0 Å². The number of nitrogens with one attached hydrogen (secondary N) is 1. The second kappa shape index (κ2) is 5.57. The lowest BCUT2D eigenvalue weighted by atomic mass is 10.1. The third kappa shape index (κ3) is 2.73. The number of amides is 1. The fraction of sp³-hybridized carbons (Fsp3) is 0.588. The Morgan fingerprint density at radius 1 is 1.25 bits per heavy atom. The molecule has 0 radical (unpaired) electrons. The van der Waals surface area contributed by atoms with Crippen LogP contribution in [0.25, 0.3) is 0 Å². The molecular weight excluding hydrogens is 248 g/mol. The molecule has 2 fully saturated rings. The van der Waals surface area contributed by atoms with E-state index in [1.54, 1.807) is 0 Å². The van der Waals surface area contributed by atoms with Crippen molar-refractivity contribution in [2.24, 2.45) is 5.92 Å². The Balaban J connectivity index is 1.75. The van der Waals surface area contributed by atoms with Gasteiger partial charge >= 0.3 is 0 Å². The second-order valence-corrected chi connectivity index (χ2v) is 6.15. The number of aryl methyl sites for hydroxylation is 1. The van der Waals surface area contributed by atoms with Crippen LogP contribution in [0, 0.1) is 5.92 Å². The minimum atomic E-state index is -0.0648. The molecule has 0 spiro atoms. The van der Waals surface area contributed by atoms with Gasteiger partial charge in [0.1, 0.15) is 6.17 Å². The van der Waals surface area contributed by atoms with Crippen LogP contribution in [0.15, 0.2) is 24.3 Å². The maximum atomic E-state index is 12.3. The molecule has 0 bridgehead atoms. The van der Waals surface area contributed by atoms with Crippen LogP contribution in [-0.4, -0.2) is 23.4 Å². The number of carbonyl (C=O) groups excluding carboxylic acids is 1. The topological polar surface area (TPSA) is 32.3 Å². The number of carbonyl (C=O) groups is 1. The van der Waals surface area contributed by atoms with Gasteiger partial charge in [-0.2, -0.15) is 0 Å². The molecule has 0 aromatic heterocycles. The first-order valence-corrected chi connectivity index (χ1v) is 7.84. The van der Waals surface area contributed by atoms with Gasteiger partial charge in [-0.05, 0) is 36.8 Å². The van der Waals surface area contributed by atoms with Gasteiger partial charge in [0.15, 0.2) is 0 Å². The van der Waals surface area contributed by atoms with Crippen molar-refractivity contribution < 1.29 is 4.79 Å². The van der Waals surface area contributed by atoms with E-state index in [9.17, 15) is 4.79 Å². The quantitative estimate of drug-likeness (QED) is 0.894. The van der Waals surface area contributed by atoms with Crippen LogP contribution < -0.4 is 5.32 Å². The maximum absolute atomic E-state index is 12.3. The minimum absolute atomic E-state index is 0.0576. The molecule has 2 unspecified atom stereocenters. The number of benzene rings is 1. The Hall–Kier alpha value is -1.35. The van der Waals surface area contributed by atoms with Crippen molar-refractivity contribution in [3.8, 4) is 0 Å². The third-order valence-electron chi connectivity index (χ3n) is 4.55. The van der Waals surface area contributed by atoms with E-state index in [1.165, 1.54) is 24.0 Å². The van der Waals surface area contributed by atoms with Crippen molar-refractivity contribution in [2.75, 3.05) is 6.54 Å². The Bertz CT molecular complexity index is 478. The van der Waals surface area contributed by atoms with Crippen molar-refractivity contribution in [1.82, 2.24) is 10.2 Å². The lowest BCUT2D eigenvalue weighted by Crippen LogP contribution is -2.31. The zero-order valence-corrected chi connectivity index (χ0v) is 12.4. The predicted molar refractivity (Wildman–Crippen MR) is 80.2 cm³/mol. The van der Waals surface area contributed by atoms with E-state index >= 15 is 0 Å². The summed E-state index contributed by atoms with van der Waals surface area (Å²) >= 11 is 0. The summed E-state index contributed by atoms with van der Waals surface area (Å²) in [7, 11) is 0. The van der Waals surface area contributed by atoms with Crippen molar-refractivity contribution in [3.63, 3.8) is 0 Å². The van der Waals surface area contributed by atoms with Gasteiger partial charge in [0.05, 0.1) is 6.04 Å². The first-order chi connectivity index (χ1) is 9.69. The molecule has 1 aliphatic heterocycles. The van der Waals surface area contributed by atoms with E-state index in [2.05, 4.69) is 36.5 Å². The van der Waals surface area contributed by atoms with E-state index in [-0.39, 0.29) is 18.1 Å². The van der Waals surface area contributed by atoms with Gasteiger partial charge in [-0.1, -0.05) is 44.0 Å². The first-order valence-electron chi connectivity index (χ1n) is 7.84. The predicted octanol–water partition coefficient (Wildman–Crippen LogP) is 2.87. The highest BCUT2D eigenvalue weighted by Crippen LogP contribution is 2.34. The number of hydrogen-bond donors (Lipinski definition) is 1. The summed E-state index contributed by atoms with van der Waals surface area (Å²) < 4.78 is 0. The summed E-state index contributed by atoms with van der Waals surface area (Å²) in [6, 6.07) is 8.59. The summed E-state index contributed by atoms with van der Waals surface area (Å²) in [5, 5.41) is 3.43.